The Balaban J connectivity index is 1.41. The standard InChI is InChI=1S/C23H20N4OS3/c1-4-27-17-7-5-6-8-19(17)30-21(27)12-11-20-22(28)26(3)23(31-20)25-15-9-10-18-16(13-15)24-14(2)29-18/h5-13H,4H2,1-3H3/b20-11-,21-12+,25-23?. The Kier molecular flexibility index (Phi) is 5.37. The van der Waals surface area contributed by atoms with Crippen molar-refractivity contribution in [1.29, 1.82) is 0 Å². The van der Waals surface area contributed by atoms with E-state index in [-0.39, 0.29) is 5.91 Å². The fourth-order valence-electron chi connectivity index (χ4n) is 3.53. The zero-order valence-electron chi connectivity index (χ0n) is 17.3. The van der Waals surface area contributed by atoms with Gasteiger partial charge in [-0.1, -0.05) is 23.9 Å². The summed E-state index contributed by atoms with van der Waals surface area (Å²) >= 11 is 4.81. The fourth-order valence-corrected chi connectivity index (χ4v) is 6.39. The molecule has 0 saturated carbocycles. The first-order chi connectivity index (χ1) is 15.0. The number of amides is 1. The molecule has 1 aromatic heterocycles. The van der Waals surface area contributed by atoms with E-state index in [2.05, 4.69) is 41.1 Å². The van der Waals surface area contributed by atoms with Crippen LogP contribution in [-0.2, 0) is 4.79 Å². The van der Waals surface area contributed by atoms with E-state index in [1.807, 2.05) is 37.3 Å². The number of anilines is 1. The lowest BCUT2D eigenvalue weighted by Crippen LogP contribution is -2.23. The summed E-state index contributed by atoms with van der Waals surface area (Å²) in [7, 11) is 1.77. The Bertz CT molecular complexity index is 1290. The molecule has 1 amide bonds. The molecule has 0 radical (unpaired) electrons. The summed E-state index contributed by atoms with van der Waals surface area (Å²) in [6.07, 6.45) is 3.95. The summed E-state index contributed by atoms with van der Waals surface area (Å²) in [5.41, 5.74) is 2.97. The molecular weight excluding hydrogens is 444 g/mol. The van der Waals surface area contributed by atoms with E-state index in [4.69, 9.17) is 4.99 Å². The molecule has 2 aliphatic rings. The molecule has 1 fully saturated rings. The van der Waals surface area contributed by atoms with Crippen molar-refractivity contribution in [1.82, 2.24) is 9.88 Å². The average molecular weight is 465 g/mol. The maximum atomic E-state index is 12.8. The van der Waals surface area contributed by atoms with Gasteiger partial charge < -0.3 is 4.90 Å². The van der Waals surface area contributed by atoms with Crippen LogP contribution in [0.3, 0.4) is 0 Å². The summed E-state index contributed by atoms with van der Waals surface area (Å²) in [6.45, 7) is 5.02. The fraction of sp³-hybridized carbons (Fsp3) is 0.174. The van der Waals surface area contributed by atoms with Crippen LogP contribution in [0.2, 0.25) is 0 Å². The molecule has 31 heavy (non-hydrogen) atoms. The topological polar surface area (TPSA) is 48.8 Å². The Hall–Kier alpha value is -2.55. The number of para-hydroxylation sites is 1. The van der Waals surface area contributed by atoms with Crippen LogP contribution in [-0.4, -0.2) is 34.6 Å². The molecule has 0 aliphatic carbocycles. The van der Waals surface area contributed by atoms with Crippen LogP contribution in [0.4, 0.5) is 11.4 Å². The summed E-state index contributed by atoms with van der Waals surface area (Å²) in [5, 5.41) is 2.84. The van der Waals surface area contributed by atoms with Gasteiger partial charge in [0.05, 0.1) is 36.5 Å². The van der Waals surface area contributed by atoms with Crippen LogP contribution < -0.4 is 4.90 Å². The van der Waals surface area contributed by atoms with Gasteiger partial charge in [-0.15, -0.1) is 11.3 Å². The molecule has 3 aromatic rings. The van der Waals surface area contributed by atoms with E-state index in [1.165, 1.54) is 22.3 Å². The zero-order chi connectivity index (χ0) is 21.5. The van der Waals surface area contributed by atoms with Crippen LogP contribution in [0.15, 0.2) is 74.4 Å². The normalized spacial score (nSPS) is 20.1. The largest absolute Gasteiger partial charge is 0.335 e. The molecule has 5 rings (SSSR count). The molecular formula is C23H20N4OS3. The van der Waals surface area contributed by atoms with E-state index in [0.29, 0.717) is 10.1 Å². The lowest BCUT2D eigenvalue weighted by Gasteiger charge is -2.17. The zero-order valence-corrected chi connectivity index (χ0v) is 19.8. The lowest BCUT2D eigenvalue weighted by molar-refractivity contribution is -0.121. The number of aromatic nitrogens is 1. The summed E-state index contributed by atoms with van der Waals surface area (Å²) in [5.74, 6) is -0.0326. The highest BCUT2D eigenvalue weighted by Crippen LogP contribution is 2.45. The quantitative estimate of drug-likeness (QED) is 0.435. The minimum absolute atomic E-state index is 0.0326. The van der Waals surface area contributed by atoms with Gasteiger partial charge in [0, 0.05) is 18.5 Å². The van der Waals surface area contributed by atoms with Crippen molar-refractivity contribution in [3.63, 3.8) is 0 Å². The summed E-state index contributed by atoms with van der Waals surface area (Å²) in [6, 6.07) is 14.4. The van der Waals surface area contributed by atoms with Crippen molar-refractivity contribution in [2.24, 2.45) is 4.99 Å². The third-order valence-electron chi connectivity index (χ3n) is 5.04. The molecule has 2 aliphatic heterocycles. The first-order valence-electron chi connectivity index (χ1n) is 9.91. The second-order valence-corrected chi connectivity index (χ2v) is 10.4. The van der Waals surface area contributed by atoms with Gasteiger partial charge in [-0.25, -0.2) is 9.98 Å². The van der Waals surface area contributed by atoms with Gasteiger partial charge in [0.15, 0.2) is 5.17 Å². The molecule has 8 heteroatoms. The number of hydrogen-bond donors (Lipinski definition) is 0. The van der Waals surface area contributed by atoms with Crippen LogP contribution in [0.25, 0.3) is 10.2 Å². The predicted molar refractivity (Wildman–Crippen MR) is 133 cm³/mol. The maximum Gasteiger partial charge on any atom is 0.266 e. The van der Waals surface area contributed by atoms with Gasteiger partial charge in [0.25, 0.3) is 5.91 Å². The summed E-state index contributed by atoms with van der Waals surface area (Å²) < 4.78 is 1.15. The average Bonchev–Trinajstić information content (AvgIpc) is 3.40. The Morgan fingerprint density at radius 1 is 1.13 bits per heavy atom. The second kappa shape index (κ2) is 8.18. The number of allylic oxidation sites excluding steroid dienone is 2. The number of fused-ring (bicyclic) bond motifs is 2. The first-order valence-corrected chi connectivity index (χ1v) is 12.4. The number of benzene rings is 2. The third kappa shape index (κ3) is 3.79. The Labute approximate surface area is 193 Å². The van der Waals surface area contributed by atoms with Gasteiger partial charge >= 0.3 is 0 Å². The van der Waals surface area contributed by atoms with Crippen molar-refractivity contribution >= 4 is 67.5 Å². The van der Waals surface area contributed by atoms with Gasteiger partial charge in [-0.2, -0.15) is 0 Å². The number of carbonyl (C=O) groups excluding carboxylic acids is 1. The number of nitrogens with zero attached hydrogens (tertiary/aromatic N) is 4. The van der Waals surface area contributed by atoms with E-state index >= 15 is 0 Å². The van der Waals surface area contributed by atoms with Gasteiger partial charge in [-0.05, 0) is 68.1 Å². The highest BCUT2D eigenvalue weighted by Gasteiger charge is 2.30. The third-order valence-corrected chi connectivity index (χ3v) is 8.20. The van der Waals surface area contributed by atoms with E-state index < -0.39 is 0 Å². The molecule has 0 bridgehead atoms. The predicted octanol–water partition coefficient (Wildman–Crippen LogP) is 6.15. The molecule has 3 heterocycles. The molecule has 0 atom stereocenters. The van der Waals surface area contributed by atoms with Crippen molar-refractivity contribution in [2.45, 2.75) is 18.7 Å². The van der Waals surface area contributed by atoms with Gasteiger partial charge in [0.2, 0.25) is 0 Å². The maximum absolute atomic E-state index is 12.8. The molecule has 156 valence electrons. The number of thioether (sulfide) groups is 2. The number of likely N-dealkylation sites (N-methyl/N-ethyl adjacent to an activating group) is 1. The number of hydrogen-bond acceptors (Lipinski definition) is 7. The smallest absolute Gasteiger partial charge is 0.266 e. The molecule has 0 unspecified atom stereocenters. The SMILES string of the molecule is CCN1/C(=C\C=C2/SC(=Nc3ccc4sc(C)nc4c3)N(C)C2=O)Sc2ccccc21. The van der Waals surface area contributed by atoms with Crippen LogP contribution >= 0.6 is 34.9 Å². The molecule has 1 saturated heterocycles. The monoisotopic (exact) mass is 464 g/mol. The number of amidine groups is 1. The number of thiazole rings is 1. The number of rotatable bonds is 3. The first kappa shape index (κ1) is 20.4. The Morgan fingerprint density at radius 3 is 2.81 bits per heavy atom. The second-order valence-electron chi connectivity index (χ2n) is 7.10. The van der Waals surface area contributed by atoms with E-state index in [0.717, 1.165) is 32.5 Å². The van der Waals surface area contributed by atoms with Crippen molar-refractivity contribution < 1.29 is 4.79 Å². The highest BCUT2D eigenvalue weighted by atomic mass is 32.2. The molecule has 0 N–H and O–H groups in total. The van der Waals surface area contributed by atoms with Gasteiger partial charge in [-0.3, -0.25) is 9.69 Å². The molecule has 0 spiro atoms. The van der Waals surface area contributed by atoms with Gasteiger partial charge in [0.1, 0.15) is 0 Å². The van der Waals surface area contributed by atoms with E-state index in [9.17, 15) is 4.79 Å². The number of aryl methyl sites for hydroxylation is 1. The number of aliphatic imine (C=N–C) groups is 1. The molecule has 5 nitrogen and oxygen atoms in total. The van der Waals surface area contributed by atoms with Crippen LogP contribution in [0.5, 0.6) is 0 Å². The minimum atomic E-state index is -0.0326. The molecule has 2 aromatic carbocycles. The lowest BCUT2D eigenvalue weighted by atomic mass is 10.3. The van der Waals surface area contributed by atoms with E-state index in [1.54, 1.807) is 35.0 Å². The highest BCUT2D eigenvalue weighted by molar-refractivity contribution is 8.18. The van der Waals surface area contributed by atoms with Crippen molar-refractivity contribution in [2.75, 3.05) is 18.5 Å². The number of carbonyl (C=O) groups is 1. The van der Waals surface area contributed by atoms with Crippen molar-refractivity contribution in [3.8, 4) is 0 Å². The summed E-state index contributed by atoms with van der Waals surface area (Å²) in [4.78, 5) is 27.8. The van der Waals surface area contributed by atoms with Crippen LogP contribution in [0, 0.1) is 6.92 Å². The van der Waals surface area contributed by atoms with Crippen LogP contribution in [0.1, 0.15) is 11.9 Å². The minimum Gasteiger partial charge on any atom is -0.335 e. The van der Waals surface area contributed by atoms with Crippen molar-refractivity contribution in [3.05, 3.63) is 69.6 Å². The Morgan fingerprint density at radius 2 is 1.97 bits per heavy atom.